The van der Waals surface area contributed by atoms with Crippen LogP contribution >= 0.6 is 0 Å². The van der Waals surface area contributed by atoms with Crippen molar-refractivity contribution in [1.82, 2.24) is 15.6 Å². The van der Waals surface area contributed by atoms with Crippen LogP contribution in [0.2, 0.25) is 0 Å². The number of nitrogens with one attached hydrogen (secondary N) is 2. The van der Waals surface area contributed by atoms with Crippen LogP contribution in [-0.4, -0.2) is 29.4 Å². The molecule has 0 aliphatic carbocycles. The highest BCUT2D eigenvalue weighted by atomic mass is 19.1. The Morgan fingerprint density at radius 2 is 2.35 bits per heavy atom. The number of halogens is 1. The fraction of sp³-hybridized carbons (Fsp3) is 0.364. The van der Waals surface area contributed by atoms with Crippen LogP contribution in [0.4, 0.5) is 4.39 Å². The molecule has 2 N–H and O–H groups in total. The van der Waals surface area contributed by atoms with E-state index in [1.165, 1.54) is 18.2 Å². The van der Waals surface area contributed by atoms with Crippen LogP contribution in [0.3, 0.4) is 0 Å². The number of piperidine rings is 1. The van der Waals surface area contributed by atoms with E-state index in [0.29, 0.717) is 19.4 Å². The third kappa shape index (κ3) is 2.99. The van der Waals surface area contributed by atoms with Crippen LogP contribution in [0.15, 0.2) is 18.2 Å². The zero-order chi connectivity index (χ0) is 12.3. The molecule has 0 aromatic carbocycles. The Labute approximate surface area is 97.4 Å². The highest BCUT2D eigenvalue weighted by Gasteiger charge is 2.20. The summed E-state index contributed by atoms with van der Waals surface area (Å²) in [5, 5.41) is 5.35. The van der Waals surface area contributed by atoms with Gasteiger partial charge in [-0.1, -0.05) is 6.07 Å². The molecule has 1 aliphatic rings. The summed E-state index contributed by atoms with van der Waals surface area (Å²) in [6.45, 7) is 0.403. The summed E-state index contributed by atoms with van der Waals surface area (Å²) < 4.78 is 12.8. The molecule has 6 heteroatoms. The molecule has 17 heavy (non-hydrogen) atoms. The number of aromatic nitrogens is 1. The molecule has 0 saturated carbocycles. The summed E-state index contributed by atoms with van der Waals surface area (Å²) in [7, 11) is 0. The summed E-state index contributed by atoms with van der Waals surface area (Å²) in [6.07, 6.45) is 0.981. The van der Waals surface area contributed by atoms with Crippen molar-refractivity contribution in [3.05, 3.63) is 29.8 Å². The fourth-order valence-corrected chi connectivity index (χ4v) is 1.65. The van der Waals surface area contributed by atoms with E-state index in [9.17, 15) is 14.0 Å². The maximum Gasteiger partial charge on any atom is 0.270 e. The smallest absolute Gasteiger partial charge is 0.270 e. The van der Waals surface area contributed by atoms with Crippen molar-refractivity contribution in [2.45, 2.75) is 18.9 Å². The normalized spacial score (nSPS) is 19.6. The number of amides is 2. The van der Waals surface area contributed by atoms with Crippen molar-refractivity contribution in [1.29, 1.82) is 0 Å². The van der Waals surface area contributed by atoms with Crippen molar-refractivity contribution >= 4 is 11.8 Å². The van der Waals surface area contributed by atoms with Crippen molar-refractivity contribution in [3.63, 3.8) is 0 Å². The molecule has 1 aromatic heterocycles. The van der Waals surface area contributed by atoms with Gasteiger partial charge in [0.15, 0.2) is 0 Å². The van der Waals surface area contributed by atoms with E-state index in [4.69, 9.17) is 0 Å². The molecule has 1 atom stereocenters. The Morgan fingerprint density at radius 1 is 1.53 bits per heavy atom. The number of carbonyl (C=O) groups excluding carboxylic acids is 2. The van der Waals surface area contributed by atoms with Gasteiger partial charge in [0.1, 0.15) is 5.69 Å². The highest BCUT2D eigenvalue weighted by molar-refractivity contribution is 5.92. The minimum atomic E-state index is -0.686. The number of hydrogen-bond acceptors (Lipinski definition) is 3. The first-order valence-corrected chi connectivity index (χ1v) is 5.35. The van der Waals surface area contributed by atoms with Crippen LogP contribution in [0, 0.1) is 5.95 Å². The van der Waals surface area contributed by atoms with Gasteiger partial charge in [-0.05, 0) is 18.6 Å². The Morgan fingerprint density at radius 3 is 3.00 bits per heavy atom. The second-order valence-corrected chi connectivity index (χ2v) is 3.86. The maximum absolute atomic E-state index is 12.8. The van der Waals surface area contributed by atoms with E-state index in [-0.39, 0.29) is 17.6 Å². The average molecular weight is 237 g/mol. The number of rotatable bonds is 2. The van der Waals surface area contributed by atoms with Crippen LogP contribution < -0.4 is 10.6 Å². The highest BCUT2D eigenvalue weighted by Crippen LogP contribution is 2.04. The fourth-order valence-electron chi connectivity index (χ4n) is 1.65. The predicted octanol–water partition coefficient (Wildman–Crippen LogP) is 0.229. The Bertz CT molecular complexity index is 440. The third-order valence-corrected chi connectivity index (χ3v) is 2.55. The van der Waals surface area contributed by atoms with Crippen LogP contribution in [-0.2, 0) is 4.79 Å². The van der Waals surface area contributed by atoms with Crippen molar-refractivity contribution in [2.24, 2.45) is 0 Å². The quantitative estimate of drug-likeness (QED) is 0.723. The van der Waals surface area contributed by atoms with Crippen molar-refractivity contribution in [3.8, 4) is 0 Å². The second-order valence-electron chi connectivity index (χ2n) is 3.86. The molecule has 2 rings (SSSR count). The van der Waals surface area contributed by atoms with E-state index in [1.54, 1.807) is 0 Å². The van der Waals surface area contributed by atoms with E-state index in [2.05, 4.69) is 15.6 Å². The lowest BCUT2D eigenvalue weighted by Gasteiger charge is -2.23. The van der Waals surface area contributed by atoms with Gasteiger partial charge in [0.2, 0.25) is 11.9 Å². The largest absolute Gasteiger partial charge is 0.354 e. The molecule has 0 spiro atoms. The topological polar surface area (TPSA) is 71.1 Å². The zero-order valence-corrected chi connectivity index (χ0v) is 9.07. The van der Waals surface area contributed by atoms with Gasteiger partial charge in [0.05, 0.1) is 0 Å². The first-order valence-electron chi connectivity index (χ1n) is 5.35. The lowest BCUT2D eigenvalue weighted by atomic mass is 10.1. The van der Waals surface area contributed by atoms with Gasteiger partial charge in [-0.25, -0.2) is 4.98 Å². The molecule has 1 fully saturated rings. The average Bonchev–Trinajstić information content (AvgIpc) is 2.32. The monoisotopic (exact) mass is 237 g/mol. The second kappa shape index (κ2) is 4.90. The van der Waals surface area contributed by atoms with Crippen LogP contribution in [0.5, 0.6) is 0 Å². The molecule has 0 radical (unpaired) electrons. The summed E-state index contributed by atoms with van der Waals surface area (Å²) in [4.78, 5) is 26.1. The molecule has 2 amide bonds. The standard InChI is InChI=1S/C11H12FN3O2/c12-9-3-1-2-8(15-9)11(17)14-7-4-5-10(16)13-6-7/h1-3,7H,4-6H2,(H,13,16)(H,14,17). The first kappa shape index (κ1) is 11.5. The van der Waals surface area contributed by atoms with Crippen molar-refractivity contribution in [2.75, 3.05) is 6.54 Å². The van der Waals surface area contributed by atoms with Crippen molar-refractivity contribution < 1.29 is 14.0 Å². The number of carbonyl (C=O) groups is 2. The minimum absolute atomic E-state index is 0.0145. The Balaban J connectivity index is 1.95. The molecule has 2 heterocycles. The van der Waals surface area contributed by atoms with Gasteiger partial charge in [-0.3, -0.25) is 9.59 Å². The van der Waals surface area contributed by atoms with E-state index < -0.39 is 11.9 Å². The minimum Gasteiger partial charge on any atom is -0.354 e. The zero-order valence-electron chi connectivity index (χ0n) is 9.07. The van der Waals surface area contributed by atoms with Gasteiger partial charge in [0.25, 0.3) is 5.91 Å². The lowest BCUT2D eigenvalue weighted by molar-refractivity contribution is -0.122. The molecular weight excluding hydrogens is 225 g/mol. The van der Waals surface area contributed by atoms with E-state index in [1.807, 2.05) is 0 Å². The summed E-state index contributed by atoms with van der Waals surface area (Å²) in [5.74, 6) is -1.13. The molecule has 1 aliphatic heterocycles. The van der Waals surface area contributed by atoms with E-state index >= 15 is 0 Å². The van der Waals surface area contributed by atoms with Gasteiger partial charge < -0.3 is 10.6 Å². The maximum atomic E-state index is 12.8. The number of hydrogen-bond donors (Lipinski definition) is 2. The number of pyridine rings is 1. The SMILES string of the molecule is O=C1CCC(NC(=O)c2cccc(F)n2)CN1. The third-order valence-electron chi connectivity index (χ3n) is 2.55. The van der Waals surface area contributed by atoms with E-state index in [0.717, 1.165) is 0 Å². The van der Waals surface area contributed by atoms with Gasteiger partial charge in [-0.15, -0.1) is 0 Å². The van der Waals surface area contributed by atoms with Crippen LogP contribution in [0.1, 0.15) is 23.3 Å². The summed E-state index contributed by atoms with van der Waals surface area (Å²) in [6, 6.07) is 3.93. The summed E-state index contributed by atoms with van der Waals surface area (Å²) in [5.41, 5.74) is 0.0434. The molecule has 1 unspecified atom stereocenters. The number of nitrogens with zero attached hydrogens (tertiary/aromatic N) is 1. The summed E-state index contributed by atoms with van der Waals surface area (Å²) >= 11 is 0. The first-order chi connectivity index (χ1) is 8.15. The molecule has 5 nitrogen and oxygen atoms in total. The van der Waals surface area contributed by atoms with Gasteiger partial charge >= 0.3 is 0 Å². The molecule has 1 saturated heterocycles. The van der Waals surface area contributed by atoms with Gasteiger partial charge in [0, 0.05) is 19.0 Å². The molecule has 0 bridgehead atoms. The predicted molar refractivity (Wildman–Crippen MR) is 57.7 cm³/mol. The molecular formula is C11H12FN3O2. The lowest BCUT2D eigenvalue weighted by Crippen LogP contribution is -2.47. The van der Waals surface area contributed by atoms with Gasteiger partial charge in [-0.2, -0.15) is 4.39 Å². The molecule has 90 valence electrons. The Hall–Kier alpha value is -1.98. The molecule has 1 aromatic rings. The Kier molecular flexibility index (Phi) is 3.32. The van der Waals surface area contributed by atoms with Crippen LogP contribution in [0.25, 0.3) is 0 Å².